The number of carbonyl (C=O) groups excluding carboxylic acids is 2. The topological polar surface area (TPSA) is 105 Å². The summed E-state index contributed by atoms with van der Waals surface area (Å²) in [7, 11) is -3.73. The molecule has 0 radical (unpaired) electrons. The molecule has 4 rings (SSSR count). The van der Waals surface area contributed by atoms with E-state index >= 15 is 0 Å². The molecule has 9 heteroatoms. The molecule has 1 aliphatic rings. The number of nitrogens with one attached hydrogen (secondary N) is 2. The molecule has 0 saturated carbocycles. The summed E-state index contributed by atoms with van der Waals surface area (Å²) in [5.41, 5.74) is 7.19. The number of benzene rings is 3. The molecule has 1 saturated heterocycles. The first kappa shape index (κ1) is 22.7. The minimum Gasteiger partial charge on any atom is -0.379 e. The molecule has 0 aromatic heterocycles. The van der Waals surface area contributed by atoms with Gasteiger partial charge in [0.2, 0.25) is 10.0 Å². The third kappa shape index (κ3) is 5.28. The molecule has 1 aliphatic heterocycles. The molecule has 2 N–H and O–H groups in total. The SMILES string of the molecule is O=C(NNC(=O)c1cccc(S(=O)(=O)N2CCOCC2)c1)c1ccc(-c2ccccc2)cc1. The summed E-state index contributed by atoms with van der Waals surface area (Å²) in [5, 5.41) is 0. The summed E-state index contributed by atoms with van der Waals surface area (Å²) in [6, 6.07) is 22.4. The van der Waals surface area contributed by atoms with Crippen LogP contribution in [0.3, 0.4) is 0 Å². The number of hydrogen-bond acceptors (Lipinski definition) is 5. The second-order valence-corrected chi connectivity index (χ2v) is 9.33. The lowest BCUT2D eigenvalue weighted by molar-refractivity contribution is 0.0730. The predicted molar refractivity (Wildman–Crippen MR) is 123 cm³/mol. The summed E-state index contributed by atoms with van der Waals surface area (Å²) >= 11 is 0. The van der Waals surface area contributed by atoms with E-state index in [-0.39, 0.29) is 23.5 Å². The number of amides is 2. The van der Waals surface area contributed by atoms with Crippen molar-refractivity contribution in [2.45, 2.75) is 4.90 Å². The molecular formula is C24H23N3O5S. The van der Waals surface area contributed by atoms with Crippen LogP contribution in [0.15, 0.2) is 83.8 Å². The molecule has 170 valence electrons. The number of rotatable bonds is 5. The number of hydrogen-bond donors (Lipinski definition) is 2. The number of hydrazine groups is 1. The summed E-state index contributed by atoms with van der Waals surface area (Å²) in [6.07, 6.45) is 0. The quantitative estimate of drug-likeness (QED) is 0.563. The lowest BCUT2D eigenvalue weighted by Gasteiger charge is -2.26. The fraction of sp³-hybridized carbons (Fsp3) is 0.167. The monoisotopic (exact) mass is 465 g/mol. The molecule has 0 atom stereocenters. The van der Waals surface area contributed by atoms with E-state index in [1.807, 2.05) is 42.5 Å². The number of morpholine rings is 1. The van der Waals surface area contributed by atoms with Gasteiger partial charge in [-0.1, -0.05) is 48.5 Å². The van der Waals surface area contributed by atoms with Gasteiger partial charge in [-0.25, -0.2) is 8.42 Å². The Bertz CT molecular complexity index is 1240. The Morgan fingerprint density at radius 1 is 0.727 bits per heavy atom. The van der Waals surface area contributed by atoms with Crippen LogP contribution in [-0.4, -0.2) is 50.8 Å². The fourth-order valence-electron chi connectivity index (χ4n) is 3.44. The zero-order valence-electron chi connectivity index (χ0n) is 17.7. The zero-order chi connectivity index (χ0) is 23.3. The highest BCUT2D eigenvalue weighted by Crippen LogP contribution is 2.20. The molecular weight excluding hydrogens is 442 g/mol. The van der Waals surface area contributed by atoms with Gasteiger partial charge in [0.1, 0.15) is 0 Å². The standard InChI is InChI=1S/C24H23N3O5S/c28-23(20-11-9-19(10-12-20)18-5-2-1-3-6-18)25-26-24(29)21-7-4-8-22(17-21)33(30,31)27-13-15-32-16-14-27/h1-12,17H,13-16H2,(H,25,28)(H,26,29). The van der Waals surface area contributed by atoms with Gasteiger partial charge in [-0.3, -0.25) is 20.4 Å². The van der Waals surface area contributed by atoms with E-state index in [0.717, 1.165) is 11.1 Å². The highest BCUT2D eigenvalue weighted by atomic mass is 32.2. The van der Waals surface area contributed by atoms with Crippen molar-refractivity contribution in [1.82, 2.24) is 15.2 Å². The van der Waals surface area contributed by atoms with Crippen LogP contribution < -0.4 is 10.9 Å². The van der Waals surface area contributed by atoms with Crippen molar-refractivity contribution in [2.75, 3.05) is 26.3 Å². The summed E-state index contributed by atoms with van der Waals surface area (Å²) in [6.45, 7) is 1.19. The Kier molecular flexibility index (Phi) is 6.83. The van der Waals surface area contributed by atoms with Gasteiger partial charge >= 0.3 is 0 Å². The molecule has 0 spiro atoms. The molecule has 3 aromatic carbocycles. The zero-order valence-corrected chi connectivity index (χ0v) is 18.5. The largest absolute Gasteiger partial charge is 0.379 e. The lowest BCUT2D eigenvalue weighted by atomic mass is 10.0. The second-order valence-electron chi connectivity index (χ2n) is 7.40. The van der Waals surface area contributed by atoms with Crippen molar-refractivity contribution in [3.8, 4) is 11.1 Å². The predicted octanol–water partition coefficient (Wildman–Crippen LogP) is 2.45. The molecule has 33 heavy (non-hydrogen) atoms. The van der Waals surface area contributed by atoms with E-state index in [9.17, 15) is 18.0 Å². The molecule has 2 amide bonds. The Morgan fingerprint density at radius 2 is 1.33 bits per heavy atom. The highest BCUT2D eigenvalue weighted by molar-refractivity contribution is 7.89. The Balaban J connectivity index is 1.39. The Morgan fingerprint density at radius 3 is 2.00 bits per heavy atom. The fourth-order valence-corrected chi connectivity index (χ4v) is 4.89. The first-order chi connectivity index (χ1) is 15.9. The van der Waals surface area contributed by atoms with Crippen LogP contribution in [0.25, 0.3) is 11.1 Å². The maximum absolute atomic E-state index is 12.8. The first-order valence-electron chi connectivity index (χ1n) is 10.4. The number of carbonyl (C=O) groups is 2. The van der Waals surface area contributed by atoms with Gasteiger partial charge in [-0.05, 0) is 41.5 Å². The Hall–Kier alpha value is -3.53. The summed E-state index contributed by atoms with van der Waals surface area (Å²) < 4.78 is 32.2. The van der Waals surface area contributed by atoms with Crippen LogP contribution in [0, 0.1) is 0 Å². The third-order valence-corrected chi connectivity index (χ3v) is 7.14. The average Bonchev–Trinajstić information content (AvgIpc) is 2.88. The van der Waals surface area contributed by atoms with Crippen molar-refractivity contribution in [1.29, 1.82) is 0 Å². The van der Waals surface area contributed by atoms with Crippen molar-refractivity contribution in [3.05, 3.63) is 90.0 Å². The van der Waals surface area contributed by atoms with Gasteiger partial charge in [-0.2, -0.15) is 4.31 Å². The third-order valence-electron chi connectivity index (χ3n) is 5.25. The van der Waals surface area contributed by atoms with Crippen molar-refractivity contribution in [2.24, 2.45) is 0 Å². The van der Waals surface area contributed by atoms with Crippen LogP contribution in [0.4, 0.5) is 0 Å². The van der Waals surface area contributed by atoms with Gasteiger partial charge in [0.25, 0.3) is 11.8 Å². The van der Waals surface area contributed by atoms with Crippen LogP contribution >= 0.6 is 0 Å². The maximum atomic E-state index is 12.8. The molecule has 0 unspecified atom stereocenters. The first-order valence-corrected chi connectivity index (χ1v) is 11.8. The lowest BCUT2D eigenvalue weighted by Crippen LogP contribution is -2.42. The molecule has 3 aromatic rings. The van der Waals surface area contributed by atoms with Gasteiger partial charge in [0.15, 0.2) is 0 Å². The van der Waals surface area contributed by atoms with Crippen molar-refractivity contribution >= 4 is 21.8 Å². The smallest absolute Gasteiger partial charge is 0.269 e. The van der Waals surface area contributed by atoms with Crippen LogP contribution in [0.1, 0.15) is 20.7 Å². The van der Waals surface area contributed by atoms with Gasteiger partial charge < -0.3 is 4.74 Å². The highest BCUT2D eigenvalue weighted by Gasteiger charge is 2.27. The minimum atomic E-state index is -3.73. The summed E-state index contributed by atoms with van der Waals surface area (Å²) in [5.74, 6) is -1.11. The molecule has 8 nitrogen and oxygen atoms in total. The van der Waals surface area contributed by atoms with Gasteiger partial charge in [0.05, 0.1) is 18.1 Å². The van der Waals surface area contributed by atoms with E-state index in [0.29, 0.717) is 18.8 Å². The average molecular weight is 466 g/mol. The van der Waals surface area contributed by atoms with E-state index in [1.54, 1.807) is 12.1 Å². The molecule has 1 fully saturated rings. The number of sulfonamides is 1. The van der Waals surface area contributed by atoms with Gasteiger partial charge in [-0.15, -0.1) is 0 Å². The van der Waals surface area contributed by atoms with E-state index < -0.39 is 21.8 Å². The van der Waals surface area contributed by atoms with Crippen LogP contribution in [0.2, 0.25) is 0 Å². The van der Waals surface area contributed by atoms with E-state index in [1.165, 1.54) is 28.6 Å². The molecule has 1 heterocycles. The summed E-state index contributed by atoms with van der Waals surface area (Å²) in [4.78, 5) is 25.0. The van der Waals surface area contributed by atoms with Crippen LogP contribution in [-0.2, 0) is 14.8 Å². The number of ether oxygens (including phenoxy) is 1. The van der Waals surface area contributed by atoms with Gasteiger partial charge in [0, 0.05) is 24.2 Å². The van der Waals surface area contributed by atoms with Crippen molar-refractivity contribution < 1.29 is 22.7 Å². The Labute approximate surface area is 192 Å². The van der Waals surface area contributed by atoms with Crippen LogP contribution in [0.5, 0.6) is 0 Å². The molecule has 0 bridgehead atoms. The molecule has 0 aliphatic carbocycles. The van der Waals surface area contributed by atoms with Crippen molar-refractivity contribution in [3.63, 3.8) is 0 Å². The van der Waals surface area contributed by atoms with E-state index in [2.05, 4.69) is 10.9 Å². The number of nitrogens with zero attached hydrogens (tertiary/aromatic N) is 1. The second kappa shape index (κ2) is 9.95. The van der Waals surface area contributed by atoms with E-state index in [4.69, 9.17) is 4.74 Å². The minimum absolute atomic E-state index is 0.0138. The maximum Gasteiger partial charge on any atom is 0.269 e. The normalized spacial score (nSPS) is 14.4.